The van der Waals surface area contributed by atoms with Gasteiger partial charge in [0.15, 0.2) is 0 Å². The molecule has 4 rings (SSSR count). The largest absolute Gasteiger partial charge is 0.339 e. The second-order valence-electron chi connectivity index (χ2n) is 7.60. The standard InChI is InChI=1S/C20H22BrClF2N4O/c21-17-18(20(23)24)25-28(19(17)14-3-4-14)12-16(29)27-9-7-26(8-10-27)11-13-1-5-15(22)6-2-13/h1-2,5-6,14,20H,3-4,7-12H2. The van der Waals surface area contributed by atoms with Crippen molar-refractivity contribution in [3.8, 4) is 0 Å². The van der Waals surface area contributed by atoms with Crippen molar-refractivity contribution in [2.45, 2.75) is 38.3 Å². The minimum atomic E-state index is -2.66. The molecule has 0 unspecified atom stereocenters. The number of piperazine rings is 1. The lowest BCUT2D eigenvalue weighted by Gasteiger charge is -2.34. The van der Waals surface area contributed by atoms with E-state index in [0.29, 0.717) is 17.6 Å². The van der Waals surface area contributed by atoms with E-state index in [9.17, 15) is 13.6 Å². The zero-order valence-electron chi connectivity index (χ0n) is 15.8. The van der Waals surface area contributed by atoms with Crippen LogP contribution in [0.25, 0.3) is 0 Å². The zero-order valence-corrected chi connectivity index (χ0v) is 18.2. The number of aromatic nitrogens is 2. The summed E-state index contributed by atoms with van der Waals surface area (Å²) in [4.78, 5) is 16.9. The molecule has 1 aliphatic carbocycles. The average molecular weight is 488 g/mol. The van der Waals surface area contributed by atoms with Gasteiger partial charge in [-0.25, -0.2) is 8.78 Å². The number of benzene rings is 1. The van der Waals surface area contributed by atoms with Crippen molar-refractivity contribution in [2.24, 2.45) is 0 Å². The van der Waals surface area contributed by atoms with Crippen LogP contribution in [0.4, 0.5) is 8.78 Å². The summed E-state index contributed by atoms with van der Waals surface area (Å²) >= 11 is 9.20. The highest BCUT2D eigenvalue weighted by molar-refractivity contribution is 9.10. The van der Waals surface area contributed by atoms with Gasteiger partial charge in [0.05, 0.1) is 10.2 Å². The van der Waals surface area contributed by atoms with Crippen LogP contribution < -0.4 is 0 Å². The van der Waals surface area contributed by atoms with Gasteiger partial charge in [0.25, 0.3) is 6.43 Å². The fraction of sp³-hybridized carbons (Fsp3) is 0.500. The first-order valence-electron chi connectivity index (χ1n) is 9.71. The Morgan fingerprint density at radius 1 is 1.17 bits per heavy atom. The van der Waals surface area contributed by atoms with Crippen molar-refractivity contribution in [1.82, 2.24) is 19.6 Å². The molecule has 2 fully saturated rings. The van der Waals surface area contributed by atoms with Crippen LogP contribution in [0.3, 0.4) is 0 Å². The Morgan fingerprint density at radius 3 is 2.41 bits per heavy atom. The summed E-state index contributed by atoms with van der Waals surface area (Å²) in [7, 11) is 0. The Kier molecular flexibility index (Phi) is 6.22. The van der Waals surface area contributed by atoms with Gasteiger partial charge in [-0.1, -0.05) is 23.7 Å². The van der Waals surface area contributed by atoms with Gasteiger partial charge in [-0.2, -0.15) is 5.10 Å². The van der Waals surface area contributed by atoms with E-state index in [-0.39, 0.29) is 24.1 Å². The molecule has 0 N–H and O–H groups in total. The summed E-state index contributed by atoms with van der Waals surface area (Å²) < 4.78 is 28.3. The minimum Gasteiger partial charge on any atom is -0.339 e. The molecule has 1 amide bonds. The molecule has 1 aromatic carbocycles. The van der Waals surface area contributed by atoms with E-state index < -0.39 is 6.43 Å². The fourth-order valence-electron chi connectivity index (χ4n) is 3.71. The van der Waals surface area contributed by atoms with Crippen molar-refractivity contribution in [2.75, 3.05) is 26.2 Å². The Balaban J connectivity index is 1.35. The monoisotopic (exact) mass is 486 g/mol. The molecule has 1 aromatic heterocycles. The summed E-state index contributed by atoms with van der Waals surface area (Å²) in [6.45, 7) is 3.61. The molecule has 1 saturated carbocycles. The Morgan fingerprint density at radius 2 is 1.83 bits per heavy atom. The van der Waals surface area contributed by atoms with Gasteiger partial charge in [0, 0.05) is 43.7 Å². The zero-order chi connectivity index (χ0) is 20.5. The van der Waals surface area contributed by atoms with Crippen molar-refractivity contribution >= 4 is 33.4 Å². The first-order chi connectivity index (χ1) is 13.9. The number of carbonyl (C=O) groups excluding carboxylic acids is 1. The third-order valence-electron chi connectivity index (χ3n) is 5.46. The molecule has 2 aromatic rings. The molecule has 0 radical (unpaired) electrons. The number of amides is 1. The predicted octanol–water partition coefficient (Wildman–Crippen LogP) is 4.46. The molecule has 2 aliphatic rings. The number of rotatable bonds is 6. The van der Waals surface area contributed by atoms with E-state index >= 15 is 0 Å². The lowest BCUT2D eigenvalue weighted by Crippen LogP contribution is -2.49. The minimum absolute atomic E-state index is 0.00827. The molecule has 5 nitrogen and oxygen atoms in total. The number of alkyl halides is 2. The highest BCUT2D eigenvalue weighted by Crippen LogP contribution is 2.45. The fourth-order valence-corrected chi connectivity index (χ4v) is 4.62. The lowest BCUT2D eigenvalue weighted by molar-refractivity contribution is -0.133. The van der Waals surface area contributed by atoms with Crippen molar-refractivity contribution < 1.29 is 13.6 Å². The number of nitrogens with zero attached hydrogens (tertiary/aromatic N) is 4. The topological polar surface area (TPSA) is 41.4 Å². The average Bonchev–Trinajstić information content (AvgIpc) is 3.47. The maximum atomic E-state index is 13.2. The normalized spacial score (nSPS) is 17.9. The van der Waals surface area contributed by atoms with E-state index in [0.717, 1.165) is 43.2 Å². The second-order valence-corrected chi connectivity index (χ2v) is 8.83. The van der Waals surface area contributed by atoms with Gasteiger partial charge >= 0.3 is 0 Å². The Bertz CT molecular complexity index is 877. The van der Waals surface area contributed by atoms with Crippen LogP contribution >= 0.6 is 27.5 Å². The van der Waals surface area contributed by atoms with Crippen LogP contribution in [0.1, 0.15) is 42.1 Å². The quantitative estimate of drug-likeness (QED) is 0.604. The number of halogens is 4. The smallest absolute Gasteiger partial charge is 0.283 e. The van der Waals surface area contributed by atoms with Gasteiger partial charge in [-0.15, -0.1) is 0 Å². The van der Waals surface area contributed by atoms with Crippen LogP contribution in [-0.2, 0) is 17.9 Å². The van der Waals surface area contributed by atoms with E-state index in [1.165, 1.54) is 10.2 Å². The summed E-state index contributed by atoms with van der Waals surface area (Å²) in [6, 6.07) is 7.78. The summed E-state index contributed by atoms with van der Waals surface area (Å²) in [5.74, 6) is 0.141. The number of hydrogen-bond donors (Lipinski definition) is 0. The molecular weight excluding hydrogens is 466 g/mol. The third kappa shape index (κ3) is 4.81. The summed E-state index contributed by atoms with van der Waals surface area (Å²) in [6.07, 6.45) is -0.760. The molecule has 1 saturated heterocycles. The van der Waals surface area contributed by atoms with Crippen LogP contribution in [-0.4, -0.2) is 51.7 Å². The predicted molar refractivity (Wildman–Crippen MR) is 110 cm³/mol. The molecule has 29 heavy (non-hydrogen) atoms. The molecule has 156 valence electrons. The van der Waals surface area contributed by atoms with Crippen LogP contribution in [0, 0.1) is 0 Å². The molecular formula is C20H22BrClF2N4O. The molecule has 2 heterocycles. The highest BCUT2D eigenvalue weighted by Gasteiger charge is 2.34. The maximum absolute atomic E-state index is 13.2. The Labute approximate surface area is 181 Å². The Hall–Kier alpha value is -1.51. The van der Waals surface area contributed by atoms with Crippen LogP contribution in [0.5, 0.6) is 0 Å². The van der Waals surface area contributed by atoms with Gasteiger partial charge in [-0.3, -0.25) is 14.4 Å². The maximum Gasteiger partial charge on any atom is 0.283 e. The van der Waals surface area contributed by atoms with E-state index in [2.05, 4.69) is 25.9 Å². The third-order valence-corrected chi connectivity index (χ3v) is 6.52. The van der Waals surface area contributed by atoms with E-state index in [4.69, 9.17) is 11.6 Å². The van der Waals surface area contributed by atoms with Gasteiger partial charge < -0.3 is 4.90 Å². The highest BCUT2D eigenvalue weighted by atomic mass is 79.9. The first kappa shape index (κ1) is 20.8. The van der Waals surface area contributed by atoms with Gasteiger partial charge in [0.2, 0.25) is 5.91 Å². The lowest BCUT2D eigenvalue weighted by atomic mass is 10.2. The van der Waals surface area contributed by atoms with Gasteiger partial charge in [0.1, 0.15) is 12.2 Å². The molecule has 0 spiro atoms. The molecule has 9 heteroatoms. The van der Waals surface area contributed by atoms with Crippen LogP contribution in [0.15, 0.2) is 28.7 Å². The second kappa shape index (κ2) is 8.70. The van der Waals surface area contributed by atoms with Crippen molar-refractivity contribution in [3.63, 3.8) is 0 Å². The number of hydrogen-bond acceptors (Lipinski definition) is 3. The molecule has 1 aliphatic heterocycles. The summed E-state index contributed by atoms with van der Waals surface area (Å²) in [5.41, 5.74) is 1.65. The van der Waals surface area contributed by atoms with Crippen LogP contribution in [0.2, 0.25) is 5.02 Å². The molecule has 0 bridgehead atoms. The number of carbonyl (C=O) groups is 1. The van der Waals surface area contributed by atoms with Crippen molar-refractivity contribution in [1.29, 1.82) is 0 Å². The first-order valence-corrected chi connectivity index (χ1v) is 10.9. The molecule has 0 atom stereocenters. The van der Waals surface area contributed by atoms with E-state index in [1.807, 2.05) is 24.3 Å². The van der Waals surface area contributed by atoms with Crippen molar-refractivity contribution in [3.05, 3.63) is 50.7 Å². The van der Waals surface area contributed by atoms with Gasteiger partial charge in [-0.05, 0) is 46.5 Å². The SMILES string of the molecule is O=C(Cn1nc(C(F)F)c(Br)c1C1CC1)N1CCN(Cc2ccc(Cl)cc2)CC1. The summed E-state index contributed by atoms with van der Waals surface area (Å²) in [5, 5.41) is 4.75. The van der Waals surface area contributed by atoms with E-state index in [1.54, 1.807) is 4.90 Å².